The normalized spacial score (nSPS) is 17.8. The molecular weight excluding hydrogens is 390 g/mol. The van der Waals surface area contributed by atoms with Crippen LogP contribution in [0.3, 0.4) is 0 Å². The molecule has 1 heterocycles. The van der Waals surface area contributed by atoms with E-state index in [4.69, 9.17) is 9.47 Å². The summed E-state index contributed by atoms with van der Waals surface area (Å²) in [6.07, 6.45) is 6.14. The van der Waals surface area contributed by atoms with Gasteiger partial charge in [-0.25, -0.2) is 0 Å². The lowest BCUT2D eigenvalue weighted by molar-refractivity contribution is -0.0520. The average Bonchev–Trinajstić information content (AvgIpc) is 2.73. The van der Waals surface area contributed by atoms with Crippen LogP contribution in [0.5, 0.6) is 11.5 Å². The molecule has 0 saturated carbocycles. The molecule has 1 atom stereocenters. The number of benzene rings is 1. The molecule has 2 N–H and O–H groups in total. The summed E-state index contributed by atoms with van der Waals surface area (Å²) in [6, 6.07) is 5.82. The first-order valence-corrected chi connectivity index (χ1v) is 10.9. The highest BCUT2D eigenvalue weighted by Crippen LogP contribution is 2.32. The van der Waals surface area contributed by atoms with Gasteiger partial charge in [-0.1, -0.05) is 18.6 Å². The monoisotopic (exact) mass is 426 g/mol. The molecule has 0 spiro atoms. The molecular formula is C22H36F2N4O2. The SMILES string of the molecule is CCOc1cccc(CNC(=NC)NCCCCN2CCCCC2C)c1OC(F)F. The van der Waals surface area contributed by atoms with Crippen molar-refractivity contribution in [2.75, 3.05) is 33.3 Å². The quantitative estimate of drug-likeness (QED) is 0.318. The van der Waals surface area contributed by atoms with Crippen LogP contribution in [0.1, 0.15) is 51.5 Å². The third-order valence-corrected chi connectivity index (χ3v) is 5.34. The summed E-state index contributed by atoms with van der Waals surface area (Å²) in [5.74, 6) is 1.01. The molecule has 1 aromatic carbocycles. The summed E-state index contributed by atoms with van der Waals surface area (Å²) in [5, 5.41) is 6.45. The Labute approximate surface area is 179 Å². The van der Waals surface area contributed by atoms with E-state index in [9.17, 15) is 8.78 Å². The Bertz CT molecular complexity index is 658. The number of rotatable bonds is 11. The molecule has 1 aliphatic rings. The highest BCUT2D eigenvalue weighted by atomic mass is 19.3. The molecule has 0 bridgehead atoms. The molecule has 1 saturated heterocycles. The van der Waals surface area contributed by atoms with Crippen molar-refractivity contribution in [3.63, 3.8) is 0 Å². The van der Waals surface area contributed by atoms with Gasteiger partial charge in [-0.3, -0.25) is 4.99 Å². The van der Waals surface area contributed by atoms with E-state index in [1.54, 1.807) is 32.2 Å². The zero-order valence-electron chi connectivity index (χ0n) is 18.4. The summed E-state index contributed by atoms with van der Waals surface area (Å²) >= 11 is 0. The van der Waals surface area contributed by atoms with Crippen molar-refractivity contribution >= 4 is 5.96 Å². The maximum atomic E-state index is 12.8. The Morgan fingerprint density at radius 2 is 2.10 bits per heavy atom. The van der Waals surface area contributed by atoms with Gasteiger partial charge in [0.15, 0.2) is 17.5 Å². The first-order valence-electron chi connectivity index (χ1n) is 10.9. The number of piperidine rings is 1. The molecule has 6 nitrogen and oxygen atoms in total. The Kier molecular flexibility index (Phi) is 10.7. The second-order valence-corrected chi connectivity index (χ2v) is 7.50. The molecule has 30 heavy (non-hydrogen) atoms. The molecule has 170 valence electrons. The van der Waals surface area contributed by atoms with E-state index >= 15 is 0 Å². The smallest absolute Gasteiger partial charge is 0.387 e. The first-order chi connectivity index (χ1) is 14.5. The fourth-order valence-corrected chi connectivity index (χ4v) is 3.73. The van der Waals surface area contributed by atoms with Crippen molar-refractivity contribution in [1.29, 1.82) is 0 Å². The second kappa shape index (κ2) is 13.3. The number of aliphatic imine (C=N–C) groups is 1. The van der Waals surface area contributed by atoms with Crippen molar-refractivity contribution in [3.05, 3.63) is 23.8 Å². The maximum absolute atomic E-state index is 12.8. The van der Waals surface area contributed by atoms with Crippen molar-refractivity contribution in [2.45, 2.75) is 65.1 Å². The van der Waals surface area contributed by atoms with Gasteiger partial charge in [0.1, 0.15) is 0 Å². The number of ether oxygens (including phenoxy) is 2. The Balaban J connectivity index is 1.79. The van der Waals surface area contributed by atoms with Crippen LogP contribution >= 0.6 is 0 Å². The van der Waals surface area contributed by atoms with Gasteiger partial charge in [-0.15, -0.1) is 0 Å². The number of halogens is 2. The van der Waals surface area contributed by atoms with Gasteiger partial charge in [0.2, 0.25) is 0 Å². The minimum atomic E-state index is -2.91. The number of unbranched alkanes of at least 4 members (excludes halogenated alkanes) is 1. The number of hydrogen-bond donors (Lipinski definition) is 2. The van der Waals surface area contributed by atoms with Crippen molar-refractivity contribution < 1.29 is 18.3 Å². The predicted molar refractivity (Wildman–Crippen MR) is 117 cm³/mol. The summed E-state index contributed by atoms with van der Waals surface area (Å²) < 4.78 is 35.8. The minimum Gasteiger partial charge on any atom is -0.490 e. The average molecular weight is 427 g/mol. The summed E-state index contributed by atoms with van der Waals surface area (Å²) in [4.78, 5) is 6.79. The number of alkyl halides is 2. The largest absolute Gasteiger partial charge is 0.490 e. The van der Waals surface area contributed by atoms with Crippen molar-refractivity contribution in [2.24, 2.45) is 4.99 Å². The lowest BCUT2D eigenvalue weighted by Crippen LogP contribution is -2.39. The van der Waals surface area contributed by atoms with Gasteiger partial charge in [-0.05, 0) is 58.7 Å². The van der Waals surface area contributed by atoms with Gasteiger partial charge in [0, 0.05) is 31.7 Å². The fourth-order valence-electron chi connectivity index (χ4n) is 3.73. The molecule has 1 aliphatic heterocycles. The van der Waals surface area contributed by atoms with Crippen molar-refractivity contribution in [3.8, 4) is 11.5 Å². The summed E-state index contributed by atoms with van der Waals surface area (Å²) in [7, 11) is 1.69. The van der Waals surface area contributed by atoms with Crippen LogP contribution in [-0.2, 0) is 6.54 Å². The van der Waals surface area contributed by atoms with Gasteiger partial charge in [0.25, 0.3) is 0 Å². The van der Waals surface area contributed by atoms with E-state index in [0.717, 1.165) is 25.9 Å². The third-order valence-electron chi connectivity index (χ3n) is 5.34. The number of likely N-dealkylation sites (tertiary alicyclic amines) is 1. The molecule has 2 rings (SSSR count). The lowest BCUT2D eigenvalue weighted by Gasteiger charge is -2.33. The van der Waals surface area contributed by atoms with Crippen LogP contribution in [0.15, 0.2) is 23.2 Å². The first kappa shape index (κ1) is 24.2. The predicted octanol–water partition coefficient (Wildman–Crippen LogP) is 4.01. The van der Waals surface area contributed by atoms with E-state index in [-0.39, 0.29) is 5.75 Å². The van der Waals surface area contributed by atoms with Crippen LogP contribution in [-0.4, -0.2) is 56.8 Å². The summed E-state index contributed by atoms with van der Waals surface area (Å²) in [6.45, 7) is 5.02. The van der Waals surface area contributed by atoms with Gasteiger partial charge in [-0.2, -0.15) is 8.78 Å². The Hall–Kier alpha value is -2.09. The minimum absolute atomic E-state index is 0.0629. The summed E-state index contributed by atoms with van der Waals surface area (Å²) in [5.41, 5.74) is 0.586. The van der Waals surface area contributed by atoms with Gasteiger partial charge >= 0.3 is 6.61 Å². The maximum Gasteiger partial charge on any atom is 0.387 e. The third kappa shape index (κ3) is 7.97. The molecule has 1 unspecified atom stereocenters. The fraction of sp³-hybridized carbons (Fsp3) is 0.682. The molecule has 0 radical (unpaired) electrons. The van der Waals surface area contributed by atoms with E-state index in [1.807, 2.05) is 0 Å². The van der Waals surface area contributed by atoms with Crippen LogP contribution in [0, 0.1) is 0 Å². The molecule has 1 aromatic rings. The number of guanidine groups is 1. The molecule has 1 fully saturated rings. The van der Waals surface area contributed by atoms with Gasteiger partial charge in [0.05, 0.1) is 6.61 Å². The van der Waals surface area contributed by atoms with Gasteiger partial charge < -0.3 is 25.0 Å². The van der Waals surface area contributed by atoms with Crippen molar-refractivity contribution in [1.82, 2.24) is 15.5 Å². The highest BCUT2D eigenvalue weighted by molar-refractivity contribution is 5.79. The Morgan fingerprint density at radius 1 is 1.27 bits per heavy atom. The van der Waals surface area contributed by atoms with Crippen LogP contribution in [0.4, 0.5) is 8.78 Å². The van der Waals surface area contributed by atoms with E-state index in [1.165, 1.54) is 25.8 Å². The number of nitrogens with zero attached hydrogens (tertiary/aromatic N) is 2. The Morgan fingerprint density at radius 3 is 2.80 bits per heavy atom. The van der Waals surface area contributed by atoms with Crippen LogP contribution in [0.25, 0.3) is 0 Å². The lowest BCUT2D eigenvalue weighted by atomic mass is 10.0. The molecule has 0 aromatic heterocycles. The molecule has 0 aliphatic carbocycles. The van der Waals surface area contributed by atoms with E-state index in [2.05, 4.69) is 27.4 Å². The zero-order chi connectivity index (χ0) is 21.8. The molecule has 8 heteroatoms. The second-order valence-electron chi connectivity index (χ2n) is 7.50. The number of para-hydroxylation sites is 1. The van der Waals surface area contributed by atoms with Crippen LogP contribution in [0.2, 0.25) is 0 Å². The topological polar surface area (TPSA) is 58.1 Å². The molecule has 0 amide bonds. The number of hydrogen-bond acceptors (Lipinski definition) is 4. The zero-order valence-corrected chi connectivity index (χ0v) is 18.4. The van der Waals surface area contributed by atoms with E-state index in [0.29, 0.717) is 36.5 Å². The van der Waals surface area contributed by atoms with Crippen LogP contribution < -0.4 is 20.1 Å². The standard InChI is InChI=1S/C22H36F2N4O2/c1-4-29-19-12-9-11-18(20(19)30-21(23)24)16-27-22(25-3)26-13-6-8-15-28-14-7-5-10-17(28)2/h9,11-12,17,21H,4-8,10,13-16H2,1-3H3,(H2,25,26,27). The van der Waals surface area contributed by atoms with E-state index < -0.39 is 6.61 Å². The number of nitrogens with one attached hydrogen (secondary N) is 2. The highest BCUT2D eigenvalue weighted by Gasteiger charge is 2.17.